The molecule has 0 aromatic carbocycles. The van der Waals surface area contributed by atoms with Gasteiger partial charge in [0.15, 0.2) is 0 Å². The number of hydrogen-bond donors (Lipinski definition) is 3. The smallest absolute Gasteiger partial charge is 0.274 e. The number of amides is 1. The van der Waals surface area contributed by atoms with Gasteiger partial charge in [0, 0.05) is 32.2 Å². The minimum Gasteiger partial charge on any atom is -0.337 e. The lowest BCUT2D eigenvalue weighted by molar-refractivity contribution is 0.0616. The number of rotatable bonds is 6. The largest absolute Gasteiger partial charge is 0.337 e. The first-order valence-electron chi connectivity index (χ1n) is 12.7. The lowest BCUT2D eigenvalue weighted by Crippen LogP contribution is -2.51. The lowest BCUT2D eigenvalue weighted by Gasteiger charge is -2.38. The fraction of sp³-hybridized carbons (Fsp3) is 0.792. The molecule has 3 N–H and O–H groups in total. The summed E-state index contributed by atoms with van der Waals surface area (Å²) in [7, 11) is 0. The minimum absolute atomic E-state index is 0.0895. The molecule has 2 aliphatic heterocycles. The Kier molecular flexibility index (Phi) is 7.97. The molecule has 0 bridgehead atoms. The van der Waals surface area contributed by atoms with Gasteiger partial charge in [0.1, 0.15) is 5.69 Å². The molecule has 178 valence electrons. The summed E-state index contributed by atoms with van der Waals surface area (Å²) in [5.74, 6) is 1.07. The van der Waals surface area contributed by atoms with Crippen molar-refractivity contribution in [3.8, 4) is 0 Å². The number of nitrogens with zero attached hydrogens (tertiary/aromatic N) is 3. The van der Waals surface area contributed by atoms with Crippen LogP contribution in [0.5, 0.6) is 0 Å². The van der Waals surface area contributed by atoms with Gasteiger partial charge in [0.25, 0.3) is 11.5 Å². The van der Waals surface area contributed by atoms with Gasteiger partial charge in [0.2, 0.25) is 0 Å². The Morgan fingerprint density at radius 2 is 1.91 bits per heavy atom. The molecular formula is C24H40N6O2. The van der Waals surface area contributed by atoms with E-state index >= 15 is 0 Å². The zero-order chi connectivity index (χ0) is 22.4. The Labute approximate surface area is 191 Å². The van der Waals surface area contributed by atoms with E-state index in [1.165, 1.54) is 69.9 Å². The standard InChI is InChI=1S/C24H40N6O2/c1-2-14-24(20-10-6-4-3-5-7-11-20)18-30(28-27-24)17-19-9-8-15-29(16-19)23(32)21-12-13-22(31)26-25-21/h12-13,19-20,27-28H,2-11,14-18H2,1H3,(H,26,31). The highest BCUT2D eigenvalue weighted by Crippen LogP contribution is 2.36. The van der Waals surface area contributed by atoms with Gasteiger partial charge in [-0.1, -0.05) is 45.4 Å². The van der Waals surface area contributed by atoms with Crippen LogP contribution in [-0.4, -0.2) is 57.7 Å². The van der Waals surface area contributed by atoms with E-state index in [0.717, 1.165) is 44.9 Å². The molecule has 3 aliphatic rings. The molecule has 1 aromatic rings. The van der Waals surface area contributed by atoms with Crippen molar-refractivity contribution in [2.75, 3.05) is 26.2 Å². The van der Waals surface area contributed by atoms with Crippen molar-refractivity contribution in [2.24, 2.45) is 11.8 Å². The summed E-state index contributed by atoms with van der Waals surface area (Å²) >= 11 is 0. The Balaban J connectivity index is 1.35. The maximum absolute atomic E-state index is 12.8. The fourth-order valence-corrected chi connectivity index (χ4v) is 6.09. The molecule has 8 nitrogen and oxygen atoms in total. The van der Waals surface area contributed by atoms with Crippen LogP contribution in [0, 0.1) is 11.8 Å². The molecular weight excluding hydrogens is 404 g/mol. The maximum Gasteiger partial charge on any atom is 0.274 e. The second-order valence-electron chi connectivity index (χ2n) is 10.1. The monoisotopic (exact) mass is 444 g/mol. The fourth-order valence-electron chi connectivity index (χ4n) is 6.09. The number of piperidine rings is 1. The number of nitrogens with one attached hydrogen (secondary N) is 3. The number of hydrogen-bond acceptors (Lipinski definition) is 6. The summed E-state index contributed by atoms with van der Waals surface area (Å²) in [6, 6.07) is 2.88. The number of aromatic nitrogens is 2. The van der Waals surface area contributed by atoms with Crippen LogP contribution in [0.15, 0.2) is 16.9 Å². The Bertz CT molecular complexity index is 785. The third-order valence-electron chi connectivity index (χ3n) is 7.70. The number of H-pyrrole nitrogens is 1. The zero-order valence-corrected chi connectivity index (χ0v) is 19.6. The van der Waals surface area contributed by atoms with E-state index in [-0.39, 0.29) is 17.0 Å². The normalized spacial score (nSPS) is 28.4. The molecule has 1 aromatic heterocycles. The van der Waals surface area contributed by atoms with Crippen molar-refractivity contribution in [1.82, 2.24) is 31.1 Å². The molecule has 1 saturated carbocycles. The summed E-state index contributed by atoms with van der Waals surface area (Å²) in [6.07, 6.45) is 14.1. The van der Waals surface area contributed by atoms with Gasteiger partial charge in [-0.05, 0) is 50.0 Å². The number of carbonyl (C=O) groups is 1. The third-order valence-corrected chi connectivity index (χ3v) is 7.70. The predicted molar refractivity (Wildman–Crippen MR) is 125 cm³/mol. The molecule has 2 unspecified atom stereocenters. The highest BCUT2D eigenvalue weighted by atomic mass is 16.2. The molecule has 3 fully saturated rings. The van der Waals surface area contributed by atoms with E-state index in [0.29, 0.717) is 11.6 Å². The van der Waals surface area contributed by atoms with Crippen LogP contribution in [-0.2, 0) is 0 Å². The average Bonchev–Trinajstić information content (AvgIpc) is 3.17. The second kappa shape index (κ2) is 10.9. The van der Waals surface area contributed by atoms with Crippen LogP contribution in [0.3, 0.4) is 0 Å². The van der Waals surface area contributed by atoms with Crippen molar-refractivity contribution in [3.05, 3.63) is 28.2 Å². The van der Waals surface area contributed by atoms with Crippen LogP contribution in [0.4, 0.5) is 0 Å². The number of carbonyl (C=O) groups excluding carboxylic acids is 1. The average molecular weight is 445 g/mol. The van der Waals surface area contributed by atoms with E-state index < -0.39 is 0 Å². The number of likely N-dealkylation sites (tertiary alicyclic amines) is 1. The van der Waals surface area contributed by atoms with Crippen molar-refractivity contribution >= 4 is 5.91 Å². The van der Waals surface area contributed by atoms with E-state index in [2.05, 4.69) is 33.1 Å². The van der Waals surface area contributed by atoms with Crippen LogP contribution < -0.4 is 16.5 Å². The van der Waals surface area contributed by atoms with Gasteiger partial charge in [-0.3, -0.25) is 9.59 Å². The van der Waals surface area contributed by atoms with Crippen molar-refractivity contribution in [3.63, 3.8) is 0 Å². The molecule has 1 aliphatic carbocycles. The first kappa shape index (κ1) is 23.4. The first-order chi connectivity index (χ1) is 15.6. The number of hydrazine groups is 2. The molecule has 2 atom stereocenters. The molecule has 0 spiro atoms. The minimum atomic E-state index is -0.287. The Hall–Kier alpha value is -1.77. The molecule has 3 heterocycles. The van der Waals surface area contributed by atoms with E-state index in [4.69, 9.17) is 0 Å². The summed E-state index contributed by atoms with van der Waals surface area (Å²) in [5.41, 5.74) is 7.46. The van der Waals surface area contributed by atoms with Gasteiger partial charge in [0.05, 0.1) is 5.54 Å². The molecule has 2 saturated heterocycles. The highest BCUT2D eigenvalue weighted by Gasteiger charge is 2.43. The van der Waals surface area contributed by atoms with Gasteiger partial charge in [-0.2, -0.15) is 10.6 Å². The summed E-state index contributed by atoms with van der Waals surface area (Å²) in [5, 5.41) is 8.66. The molecule has 1 amide bonds. The summed E-state index contributed by atoms with van der Waals surface area (Å²) < 4.78 is 0. The molecule has 32 heavy (non-hydrogen) atoms. The van der Waals surface area contributed by atoms with E-state index in [1.54, 1.807) is 0 Å². The van der Waals surface area contributed by atoms with E-state index in [1.807, 2.05) is 4.90 Å². The second-order valence-corrected chi connectivity index (χ2v) is 10.1. The SMILES string of the molecule is CCCC1(C2CCCCCCC2)CN(CC2CCCN(C(=O)c3ccc(=O)[nH]n3)C2)NN1. The molecule has 0 radical (unpaired) electrons. The maximum atomic E-state index is 12.8. The lowest BCUT2D eigenvalue weighted by atomic mass is 9.74. The molecule has 8 heteroatoms. The topological polar surface area (TPSA) is 93.4 Å². The van der Waals surface area contributed by atoms with Gasteiger partial charge < -0.3 is 4.90 Å². The molecule has 4 rings (SSSR count). The van der Waals surface area contributed by atoms with Crippen LogP contribution in [0.2, 0.25) is 0 Å². The van der Waals surface area contributed by atoms with Crippen LogP contribution in [0.25, 0.3) is 0 Å². The van der Waals surface area contributed by atoms with Crippen molar-refractivity contribution in [2.45, 2.75) is 83.1 Å². The van der Waals surface area contributed by atoms with E-state index in [9.17, 15) is 9.59 Å². The van der Waals surface area contributed by atoms with Gasteiger partial charge >= 0.3 is 0 Å². The summed E-state index contributed by atoms with van der Waals surface area (Å²) in [4.78, 5) is 26.0. The summed E-state index contributed by atoms with van der Waals surface area (Å²) in [6.45, 7) is 5.77. The first-order valence-corrected chi connectivity index (χ1v) is 12.7. The quantitative estimate of drug-likeness (QED) is 0.625. The van der Waals surface area contributed by atoms with Gasteiger partial charge in [-0.25, -0.2) is 15.5 Å². The van der Waals surface area contributed by atoms with Crippen molar-refractivity contribution in [1.29, 1.82) is 0 Å². The highest BCUT2D eigenvalue weighted by molar-refractivity contribution is 5.92. The number of aromatic amines is 1. The van der Waals surface area contributed by atoms with Crippen LogP contribution in [0.1, 0.15) is 88.0 Å². The zero-order valence-electron chi connectivity index (χ0n) is 19.6. The Morgan fingerprint density at radius 3 is 2.62 bits per heavy atom. The van der Waals surface area contributed by atoms with Crippen LogP contribution >= 0.6 is 0 Å². The third kappa shape index (κ3) is 5.58. The van der Waals surface area contributed by atoms with Gasteiger partial charge in [-0.15, -0.1) is 0 Å². The van der Waals surface area contributed by atoms with Crippen molar-refractivity contribution < 1.29 is 4.79 Å². The Morgan fingerprint density at radius 1 is 1.12 bits per heavy atom. The predicted octanol–water partition coefficient (Wildman–Crippen LogP) is 2.85.